The second-order valence-corrected chi connectivity index (χ2v) is 6.36. The average Bonchev–Trinajstić information content (AvgIpc) is 2.38. The summed E-state index contributed by atoms with van der Waals surface area (Å²) in [6, 6.07) is 0. The highest BCUT2D eigenvalue weighted by molar-refractivity contribution is 5.78. The summed E-state index contributed by atoms with van der Waals surface area (Å²) in [6.07, 6.45) is 4.86. The quantitative estimate of drug-likeness (QED) is 0.726. The van der Waals surface area contributed by atoms with Crippen LogP contribution in [0.25, 0.3) is 0 Å². The molecule has 2 saturated heterocycles. The number of hydrogen-bond donors (Lipinski definition) is 2. The first-order valence-corrected chi connectivity index (χ1v) is 7.21. The fourth-order valence-electron chi connectivity index (χ4n) is 3.54. The van der Waals surface area contributed by atoms with Crippen LogP contribution in [-0.2, 0) is 9.53 Å². The summed E-state index contributed by atoms with van der Waals surface area (Å²) in [6.45, 7) is 5.99. The van der Waals surface area contributed by atoms with E-state index in [2.05, 4.69) is 15.0 Å². The number of carbonyl (C=O) groups excluding carboxylic acids is 1. The molecule has 5 nitrogen and oxygen atoms in total. The Morgan fingerprint density at radius 1 is 1.47 bits per heavy atom. The van der Waals surface area contributed by atoms with Gasteiger partial charge in [0.05, 0.1) is 7.11 Å². The third-order valence-electron chi connectivity index (χ3n) is 4.46. The predicted molar refractivity (Wildman–Crippen MR) is 72.9 cm³/mol. The molecular formula is C14H26N2O3. The SMILES string of the molecule is COC(=O)C(C)(O)CN1CCCC2(CCCNC2)C1. The Balaban J connectivity index is 1.95. The summed E-state index contributed by atoms with van der Waals surface area (Å²) >= 11 is 0. The van der Waals surface area contributed by atoms with Crippen molar-refractivity contribution in [3.63, 3.8) is 0 Å². The molecule has 2 aliphatic heterocycles. The first-order chi connectivity index (χ1) is 8.97. The van der Waals surface area contributed by atoms with Gasteiger partial charge in [-0.3, -0.25) is 4.90 Å². The van der Waals surface area contributed by atoms with Gasteiger partial charge in [-0.2, -0.15) is 0 Å². The molecule has 2 unspecified atom stereocenters. The number of likely N-dealkylation sites (tertiary alicyclic amines) is 1. The lowest BCUT2D eigenvalue weighted by molar-refractivity contribution is -0.163. The summed E-state index contributed by atoms with van der Waals surface area (Å²) in [5.74, 6) is -0.547. The van der Waals surface area contributed by atoms with Crippen LogP contribution in [0.4, 0.5) is 0 Å². The zero-order chi connectivity index (χ0) is 13.9. The van der Waals surface area contributed by atoms with Gasteiger partial charge in [-0.05, 0) is 51.1 Å². The van der Waals surface area contributed by atoms with Crippen LogP contribution in [0.5, 0.6) is 0 Å². The minimum Gasteiger partial charge on any atom is -0.467 e. The molecule has 110 valence electrons. The molecule has 0 radical (unpaired) electrons. The topological polar surface area (TPSA) is 61.8 Å². The van der Waals surface area contributed by atoms with Crippen molar-refractivity contribution in [2.75, 3.05) is 39.8 Å². The van der Waals surface area contributed by atoms with Gasteiger partial charge in [-0.25, -0.2) is 4.79 Å². The standard InChI is InChI=1S/C14H26N2O3/c1-13(18,12(17)19-2)10-16-8-4-6-14(11-16)5-3-7-15-9-14/h15,18H,3-11H2,1-2H3. The number of carbonyl (C=O) groups is 1. The van der Waals surface area contributed by atoms with E-state index in [0.29, 0.717) is 12.0 Å². The van der Waals surface area contributed by atoms with Crippen molar-refractivity contribution in [3.8, 4) is 0 Å². The van der Waals surface area contributed by atoms with Crippen molar-refractivity contribution in [1.29, 1.82) is 0 Å². The predicted octanol–water partition coefficient (Wildman–Crippen LogP) is 0.376. The van der Waals surface area contributed by atoms with Crippen LogP contribution in [0.15, 0.2) is 0 Å². The van der Waals surface area contributed by atoms with E-state index in [1.807, 2.05) is 0 Å². The number of nitrogens with zero attached hydrogens (tertiary/aromatic N) is 1. The minimum absolute atomic E-state index is 0.336. The molecule has 0 aromatic carbocycles. The van der Waals surface area contributed by atoms with Crippen LogP contribution in [0.1, 0.15) is 32.6 Å². The Kier molecular flexibility index (Phi) is 4.48. The zero-order valence-corrected chi connectivity index (χ0v) is 12.1. The van der Waals surface area contributed by atoms with Crippen LogP contribution in [0, 0.1) is 5.41 Å². The second kappa shape index (κ2) is 5.77. The minimum atomic E-state index is -1.41. The van der Waals surface area contributed by atoms with Crippen molar-refractivity contribution in [2.24, 2.45) is 5.41 Å². The Morgan fingerprint density at radius 2 is 2.21 bits per heavy atom. The lowest BCUT2D eigenvalue weighted by atomic mass is 9.74. The Morgan fingerprint density at radius 3 is 2.84 bits per heavy atom. The molecule has 2 heterocycles. The molecule has 0 aliphatic carbocycles. The van der Waals surface area contributed by atoms with E-state index in [9.17, 15) is 9.90 Å². The van der Waals surface area contributed by atoms with Gasteiger partial charge in [0.15, 0.2) is 5.60 Å². The molecule has 0 aromatic rings. The number of ether oxygens (including phenoxy) is 1. The number of hydrogen-bond acceptors (Lipinski definition) is 5. The highest BCUT2D eigenvalue weighted by Crippen LogP contribution is 2.36. The zero-order valence-electron chi connectivity index (χ0n) is 12.1. The largest absolute Gasteiger partial charge is 0.467 e. The fourth-order valence-corrected chi connectivity index (χ4v) is 3.54. The van der Waals surface area contributed by atoms with Gasteiger partial charge in [0.2, 0.25) is 0 Å². The van der Waals surface area contributed by atoms with Gasteiger partial charge in [0.1, 0.15) is 0 Å². The fraction of sp³-hybridized carbons (Fsp3) is 0.929. The third kappa shape index (κ3) is 3.46. The van der Waals surface area contributed by atoms with E-state index in [1.165, 1.54) is 26.4 Å². The number of nitrogens with one attached hydrogen (secondary N) is 1. The van der Waals surface area contributed by atoms with Crippen LogP contribution >= 0.6 is 0 Å². The van der Waals surface area contributed by atoms with Crippen molar-refractivity contribution in [1.82, 2.24) is 10.2 Å². The van der Waals surface area contributed by atoms with E-state index in [4.69, 9.17) is 0 Å². The summed E-state index contributed by atoms with van der Waals surface area (Å²) in [7, 11) is 1.32. The lowest BCUT2D eigenvalue weighted by Gasteiger charge is -2.46. The highest BCUT2D eigenvalue weighted by Gasteiger charge is 2.40. The van der Waals surface area contributed by atoms with Crippen LogP contribution < -0.4 is 5.32 Å². The molecule has 2 atom stereocenters. The number of esters is 1. The van der Waals surface area contributed by atoms with Gasteiger partial charge in [-0.15, -0.1) is 0 Å². The van der Waals surface area contributed by atoms with Crippen molar-refractivity contribution in [3.05, 3.63) is 0 Å². The lowest BCUT2D eigenvalue weighted by Crippen LogP contribution is -2.55. The van der Waals surface area contributed by atoms with E-state index < -0.39 is 11.6 Å². The number of rotatable bonds is 3. The molecule has 0 saturated carbocycles. The van der Waals surface area contributed by atoms with Crippen LogP contribution in [0.3, 0.4) is 0 Å². The second-order valence-electron chi connectivity index (χ2n) is 6.36. The van der Waals surface area contributed by atoms with Crippen LogP contribution in [0.2, 0.25) is 0 Å². The molecule has 1 spiro atoms. The van der Waals surface area contributed by atoms with Gasteiger partial charge in [0.25, 0.3) is 0 Å². The number of piperidine rings is 2. The Labute approximate surface area is 115 Å². The molecule has 2 fully saturated rings. The molecule has 2 N–H and O–H groups in total. The van der Waals surface area contributed by atoms with Gasteiger partial charge in [-0.1, -0.05) is 0 Å². The number of methoxy groups -OCH3 is 1. The first kappa shape index (κ1) is 14.8. The maximum atomic E-state index is 11.6. The van der Waals surface area contributed by atoms with Crippen molar-refractivity contribution >= 4 is 5.97 Å². The smallest absolute Gasteiger partial charge is 0.338 e. The summed E-state index contributed by atoms with van der Waals surface area (Å²) in [5, 5.41) is 13.7. The maximum Gasteiger partial charge on any atom is 0.338 e. The molecule has 0 aromatic heterocycles. The van der Waals surface area contributed by atoms with E-state index in [0.717, 1.165) is 32.6 Å². The van der Waals surface area contributed by atoms with Gasteiger partial charge < -0.3 is 15.2 Å². The average molecular weight is 270 g/mol. The van der Waals surface area contributed by atoms with Crippen LogP contribution in [-0.4, -0.2) is 61.4 Å². The highest BCUT2D eigenvalue weighted by atomic mass is 16.5. The van der Waals surface area contributed by atoms with E-state index in [1.54, 1.807) is 6.92 Å². The molecule has 0 bridgehead atoms. The molecular weight excluding hydrogens is 244 g/mol. The van der Waals surface area contributed by atoms with E-state index in [-0.39, 0.29) is 0 Å². The molecule has 2 aliphatic rings. The molecule has 0 amide bonds. The number of β-amino-alcohol motifs (C(OH)–C–C–N with tert-alkyl or cyclic N) is 1. The summed E-state index contributed by atoms with van der Waals surface area (Å²) in [5.41, 5.74) is -1.07. The number of aliphatic hydroxyl groups is 1. The summed E-state index contributed by atoms with van der Waals surface area (Å²) < 4.78 is 4.67. The Bertz CT molecular complexity index is 319. The van der Waals surface area contributed by atoms with Crippen molar-refractivity contribution in [2.45, 2.75) is 38.2 Å². The van der Waals surface area contributed by atoms with Crippen molar-refractivity contribution < 1.29 is 14.6 Å². The normalized spacial score (nSPS) is 31.9. The summed E-state index contributed by atoms with van der Waals surface area (Å²) in [4.78, 5) is 13.8. The van der Waals surface area contributed by atoms with Gasteiger partial charge in [0, 0.05) is 19.6 Å². The maximum absolute atomic E-state index is 11.6. The monoisotopic (exact) mass is 270 g/mol. The molecule has 19 heavy (non-hydrogen) atoms. The Hall–Kier alpha value is -0.650. The molecule has 2 rings (SSSR count). The van der Waals surface area contributed by atoms with Gasteiger partial charge >= 0.3 is 5.97 Å². The van der Waals surface area contributed by atoms with E-state index >= 15 is 0 Å². The third-order valence-corrected chi connectivity index (χ3v) is 4.46. The molecule has 5 heteroatoms. The first-order valence-electron chi connectivity index (χ1n) is 7.21.